The molecule has 132 valence electrons. The van der Waals surface area contributed by atoms with Gasteiger partial charge < -0.3 is 10.2 Å². The molecule has 5 nitrogen and oxygen atoms in total. The zero-order chi connectivity index (χ0) is 18.4. The molecule has 0 radical (unpaired) electrons. The number of halogens is 1. The number of carbonyl (C=O) groups is 1. The van der Waals surface area contributed by atoms with E-state index >= 15 is 0 Å². The molecule has 0 aliphatic rings. The molecular formula is C20H19ClN4O. The molecule has 2 aromatic carbocycles. The second kappa shape index (κ2) is 8.45. The summed E-state index contributed by atoms with van der Waals surface area (Å²) in [5.41, 5.74) is 2.40. The van der Waals surface area contributed by atoms with Crippen LogP contribution in [0.1, 0.15) is 15.9 Å². The highest BCUT2D eigenvalue weighted by Gasteiger charge is 2.14. The van der Waals surface area contributed by atoms with Crippen LogP contribution in [-0.2, 0) is 6.42 Å². The molecule has 26 heavy (non-hydrogen) atoms. The fourth-order valence-electron chi connectivity index (χ4n) is 2.50. The Morgan fingerprint density at radius 2 is 1.81 bits per heavy atom. The van der Waals surface area contributed by atoms with Crippen LogP contribution in [0.2, 0.25) is 5.02 Å². The number of hydrogen-bond acceptors (Lipinski definition) is 4. The van der Waals surface area contributed by atoms with Gasteiger partial charge in [0.1, 0.15) is 0 Å². The van der Waals surface area contributed by atoms with Crippen LogP contribution in [-0.4, -0.2) is 29.5 Å². The summed E-state index contributed by atoms with van der Waals surface area (Å²) in [6.45, 7) is 0.678. The summed E-state index contributed by atoms with van der Waals surface area (Å²) >= 11 is 5.98. The van der Waals surface area contributed by atoms with Crippen LogP contribution in [0.5, 0.6) is 0 Å². The molecule has 1 aromatic heterocycles. The number of benzene rings is 2. The van der Waals surface area contributed by atoms with Crippen molar-refractivity contribution in [2.45, 2.75) is 6.42 Å². The molecule has 1 amide bonds. The molecule has 6 heteroatoms. The number of amides is 1. The van der Waals surface area contributed by atoms with Gasteiger partial charge in [-0.1, -0.05) is 41.9 Å². The van der Waals surface area contributed by atoms with E-state index < -0.39 is 0 Å². The highest BCUT2D eigenvalue weighted by Crippen LogP contribution is 2.15. The first kappa shape index (κ1) is 17.9. The lowest BCUT2D eigenvalue weighted by Crippen LogP contribution is -2.26. The number of nitrogens with one attached hydrogen (secondary N) is 1. The van der Waals surface area contributed by atoms with Crippen LogP contribution < -0.4 is 10.2 Å². The van der Waals surface area contributed by atoms with Crippen molar-refractivity contribution < 1.29 is 4.79 Å². The third-order valence-corrected chi connectivity index (χ3v) is 4.17. The first-order chi connectivity index (χ1) is 12.6. The summed E-state index contributed by atoms with van der Waals surface area (Å²) < 4.78 is 0. The normalized spacial score (nSPS) is 10.4. The predicted octanol–water partition coefficient (Wildman–Crippen LogP) is 4.06. The molecule has 0 bridgehead atoms. The van der Waals surface area contributed by atoms with Crippen LogP contribution in [0.3, 0.4) is 0 Å². The molecule has 0 spiro atoms. The molecule has 1 heterocycles. The van der Waals surface area contributed by atoms with Gasteiger partial charge in [-0.15, -0.1) is 0 Å². The smallest absolute Gasteiger partial charge is 0.261 e. The van der Waals surface area contributed by atoms with Crippen LogP contribution in [0.4, 0.5) is 11.6 Å². The van der Waals surface area contributed by atoms with Crippen molar-refractivity contribution in [2.75, 3.05) is 23.8 Å². The molecule has 0 saturated heterocycles. The lowest BCUT2D eigenvalue weighted by atomic mass is 10.1. The largest absolute Gasteiger partial charge is 0.354 e. The van der Waals surface area contributed by atoms with Crippen LogP contribution in [0.25, 0.3) is 0 Å². The molecule has 3 aromatic rings. The second-order valence-corrected chi connectivity index (χ2v) is 6.24. The Labute approximate surface area is 157 Å². The van der Waals surface area contributed by atoms with Gasteiger partial charge in [0.2, 0.25) is 5.95 Å². The Kier molecular flexibility index (Phi) is 5.81. The molecule has 3 rings (SSSR count). The lowest BCUT2D eigenvalue weighted by Gasteiger charge is -2.17. The van der Waals surface area contributed by atoms with Gasteiger partial charge in [-0.2, -0.15) is 0 Å². The number of para-hydroxylation sites is 1. The quantitative estimate of drug-likeness (QED) is 0.714. The average Bonchev–Trinajstić information content (AvgIpc) is 2.68. The minimum Gasteiger partial charge on any atom is -0.354 e. The minimum absolute atomic E-state index is 0.151. The van der Waals surface area contributed by atoms with Crippen molar-refractivity contribution in [3.63, 3.8) is 0 Å². The SMILES string of the molecule is CN(C(=O)c1cnc(NCCc2cccc(Cl)c2)nc1)c1ccccc1. The van der Waals surface area contributed by atoms with Crippen molar-refractivity contribution >= 4 is 29.1 Å². The number of nitrogens with zero attached hydrogens (tertiary/aromatic N) is 3. The third kappa shape index (κ3) is 4.58. The van der Waals surface area contributed by atoms with E-state index in [1.165, 1.54) is 12.4 Å². The van der Waals surface area contributed by atoms with E-state index in [9.17, 15) is 4.79 Å². The highest BCUT2D eigenvalue weighted by molar-refractivity contribution is 6.30. The van der Waals surface area contributed by atoms with E-state index in [4.69, 9.17) is 11.6 Å². The van der Waals surface area contributed by atoms with Gasteiger partial charge in [-0.05, 0) is 36.2 Å². The summed E-state index contributed by atoms with van der Waals surface area (Å²) in [6, 6.07) is 17.2. The van der Waals surface area contributed by atoms with Crippen LogP contribution in [0, 0.1) is 0 Å². The summed E-state index contributed by atoms with van der Waals surface area (Å²) in [5.74, 6) is 0.340. The van der Waals surface area contributed by atoms with E-state index in [-0.39, 0.29) is 5.91 Å². The standard InChI is InChI=1S/C20H19ClN4O/c1-25(18-8-3-2-4-9-18)19(26)16-13-23-20(24-14-16)22-11-10-15-6-5-7-17(21)12-15/h2-9,12-14H,10-11H2,1H3,(H,22,23,24). The van der Waals surface area contributed by atoms with Gasteiger partial charge in [-0.3, -0.25) is 4.79 Å². The number of anilines is 2. The summed E-state index contributed by atoms with van der Waals surface area (Å²) in [4.78, 5) is 22.5. The molecule has 1 N–H and O–H groups in total. The molecule has 0 aliphatic carbocycles. The minimum atomic E-state index is -0.151. The van der Waals surface area contributed by atoms with E-state index in [1.54, 1.807) is 11.9 Å². The topological polar surface area (TPSA) is 58.1 Å². The maximum Gasteiger partial charge on any atom is 0.261 e. The van der Waals surface area contributed by atoms with Crippen molar-refractivity contribution in [1.82, 2.24) is 9.97 Å². The lowest BCUT2D eigenvalue weighted by molar-refractivity contribution is 0.0992. The van der Waals surface area contributed by atoms with E-state index in [1.807, 2.05) is 54.6 Å². The molecular weight excluding hydrogens is 348 g/mol. The predicted molar refractivity (Wildman–Crippen MR) is 105 cm³/mol. The fourth-order valence-corrected chi connectivity index (χ4v) is 2.72. The molecule has 0 unspecified atom stereocenters. The summed E-state index contributed by atoms with van der Waals surface area (Å²) in [7, 11) is 1.73. The number of rotatable bonds is 6. The van der Waals surface area contributed by atoms with Crippen molar-refractivity contribution in [1.29, 1.82) is 0 Å². The highest BCUT2D eigenvalue weighted by atomic mass is 35.5. The number of aromatic nitrogens is 2. The third-order valence-electron chi connectivity index (χ3n) is 3.93. The zero-order valence-corrected chi connectivity index (χ0v) is 15.1. The first-order valence-electron chi connectivity index (χ1n) is 8.27. The van der Waals surface area contributed by atoms with Crippen molar-refractivity contribution in [3.8, 4) is 0 Å². The van der Waals surface area contributed by atoms with Gasteiger partial charge in [0, 0.05) is 36.7 Å². The Bertz CT molecular complexity index is 868. The summed E-state index contributed by atoms with van der Waals surface area (Å²) in [6.07, 6.45) is 3.88. The Morgan fingerprint density at radius 1 is 1.08 bits per heavy atom. The van der Waals surface area contributed by atoms with Crippen LogP contribution in [0.15, 0.2) is 67.0 Å². The van der Waals surface area contributed by atoms with Gasteiger partial charge in [-0.25, -0.2) is 9.97 Å². The van der Waals surface area contributed by atoms with Crippen molar-refractivity contribution in [2.24, 2.45) is 0 Å². The first-order valence-corrected chi connectivity index (χ1v) is 8.65. The van der Waals surface area contributed by atoms with E-state index in [0.717, 1.165) is 22.7 Å². The monoisotopic (exact) mass is 366 g/mol. The summed E-state index contributed by atoms with van der Waals surface area (Å²) in [5, 5.41) is 3.88. The number of carbonyl (C=O) groups excluding carboxylic acids is 1. The van der Waals surface area contributed by atoms with E-state index in [2.05, 4.69) is 15.3 Å². The maximum atomic E-state index is 12.5. The van der Waals surface area contributed by atoms with Gasteiger partial charge >= 0.3 is 0 Å². The van der Waals surface area contributed by atoms with Gasteiger partial charge in [0.25, 0.3) is 5.91 Å². The molecule has 0 fully saturated rings. The Hall–Kier alpha value is -2.92. The zero-order valence-electron chi connectivity index (χ0n) is 14.4. The van der Waals surface area contributed by atoms with Gasteiger partial charge in [0.15, 0.2) is 0 Å². The maximum absolute atomic E-state index is 12.5. The Balaban J connectivity index is 1.57. The van der Waals surface area contributed by atoms with E-state index in [0.29, 0.717) is 18.1 Å². The second-order valence-electron chi connectivity index (χ2n) is 5.80. The van der Waals surface area contributed by atoms with Gasteiger partial charge in [0.05, 0.1) is 5.56 Å². The van der Waals surface area contributed by atoms with Crippen molar-refractivity contribution in [3.05, 3.63) is 83.1 Å². The molecule has 0 saturated carbocycles. The molecule has 0 atom stereocenters. The van der Waals surface area contributed by atoms with Crippen LogP contribution >= 0.6 is 11.6 Å². The fraction of sp³-hybridized carbons (Fsp3) is 0.150. The Morgan fingerprint density at radius 3 is 2.50 bits per heavy atom. The molecule has 0 aliphatic heterocycles. The number of hydrogen-bond donors (Lipinski definition) is 1. The average molecular weight is 367 g/mol.